The van der Waals surface area contributed by atoms with Crippen molar-refractivity contribution in [1.29, 1.82) is 0 Å². The minimum atomic E-state index is 0.0480. The van der Waals surface area contributed by atoms with E-state index in [1.165, 1.54) is 44.2 Å². The molecule has 0 bridgehead atoms. The highest BCUT2D eigenvalue weighted by atomic mass is 32.1. The van der Waals surface area contributed by atoms with Crippen molar-refractivity contribution >= 4 is 27.2 Å². The van der Waals surface area contributed by atoms with Gasteiger partial charge in [0, 0.05) is 24.8 Å². The van der Waals surface area contributed by atoms with Gasteiger partial charge in [0.2, 0.25) is 0 Å². The van der Waals surface area contributed by atoms with Crippen molar-refractivity contribution in [2.75, 3.05) is 18.0 Å². The number of aromatic nitrogens is 1. The quantitative estimate of drug-likeness (QED) is 0.346. The predicted molar refractivity (Wildman–Crippen MR) is 114 cm³/mol. The Morgan fingerprint density at radius 3 is 2.35 bits per heavy atom. The topological polar surface area (TPSA) is 33.2 Å². The molecule has 0 saturated heterocycles. The lowest BCUT2D eigenvalue weighted by molar-refractivity contribution is 0.637. The maximum absolute atomic E-state index is 11.7. The minimum Gasteiger partial charge on any atom is -0.371 e. The van der Waals surface area contributed by atoms with Gasteiger partial charge in [-0.2, -0.15) is 0 Å². The molecule has 1 heterocycles. The molecule has 0 spiro atoms. The maximum Gasteiger partial charge on any atom is 0.180 e. The van der Waals surface area contributed by atoms with Crippen LogP contribution in [0.4, 0.5) is 5.69 Å². The molecule has 0 unspecified atom stereocenters. The first-order chi connectivity index (χ1) is 12.7. The van der Waals surface area contributed by atoms with Crippen LogP contribution in [0.5, 0.6) is 0 Å². The maximum atomic E-state index is 11.7. The molecule has 0 aromatic heterocycles. The van der Waals surface area contributed by atoms with Crippen molar-refractivity contribution in [1.82, 2.24) is 4.98 Å². The number of hydrogen-bond acceptors (Lipinski definition) is 4. The summed E-state index contributed by atoms with van der Waals surface area (Å²) < 4.78 is 1.15. The van der Waals surface area contributed by atoms with Gasteiger partial charge in [0.15, 0.2) is 5.43 Å². The van der Waals surface area contributed by atoms with Crippen molar-refractivity contribution in [2.45, 2.75) is 52.4 Å². The number of nitrogens with zero attached hydrogens (tertiary/aromatic N) is 2. The Balaban J connectivity index is 1.91. The lowest BCUT2D eigenvalue weighted by atomic mass is 10.2. The summed E-state index contributed by atoms with van der Waals surface area (Å²) >= 11 is 1.66. The molecule has 26 heavy (non-hydrogen) atoms. The molecule has 1 aliphatic carbocycles. The Bertz CT molecular complexity index is 864. The fourth-order valence-electron chi connectivity index (χ4n) is 3.27. The zero-order chi connectivity index (χ0) is 18.4. The van der Waals surface area contributed by atoms with E-state index in [1.54, 1.807) is 23.5 Å². The van der Waals surface area contributed by atoms with Crippen molar-refractivity contribution < 1.29 is 0 Å². The van der Waals surface area contributed by atoms with E-state index in [1.807, 2.05) is 6.07 Å². The van der Waals surface area contributed by atoms with Crippen LogP contribution < -0.4 is 10.3 Å². The largest absolute Gasteiger partial charge is 0.371 e. The standard InChI is InChI=1S/C22H28N2OS/c1-3-5-7-13-24(14-8-6-4-2)17-9-11-19-21(15-17)26-22-16-18(25)10-12-20(22)23-19/h9-12,15-16H,3-8,13-14H2,1-2H3. The van der Waals surface area contributed by atoms with E-state index in [-0.39, 0.29) is 5.43 Å². The van der Waals surface area contributed by atoms with Crippen LogP contribution in [0.3, 0.4) is 0 Å². The van der Waals surface area contributed by atoms with Gasteiger partial charge in [-0.15, -0.1) is 11.3 Å². The monoisotopic (exact) mass is 368 g/mol. The summed E-state index contributed by atoms with van der Waals surface area (Å²) in [7, 11) is 0. The van der Waals surface area contributed by atoms with Gasteiger partial charge < -0.3 is 4.90 Å². The van der Waals surface area contributed by atoms with Crippen LogP contribution in [0.15, 0.2) is 41.2 Å². The molecule has 1 aromatic carbocycles. The Morgan fingerprint density at radius 1 is 0.923 bits per heavy atom. The molecule has 0 fully saturated rings. The van der Waals surface area contributed by atoms with E-state index in [4.69, 9.17) is 4.98 Å². The number of rotatable bonds is 9. The summed E-state index contributed by atoms with van der Waals surface area (Å²) in [6.07, 6.45) is 7.52. The second-order valence-electron chi connectivity index (χ2n) is 6.90. The molecule has 0 N–H and O–H groups in total. The molecular formula is C22H28N2OS. The highest BCUT2D eigenvalue weighted by Gasteiger charge is 2.11. The van der Waals surface area contributed by atoms with Crippen LogP contribution in [0.1, 0.15) is 52.4 Å². The molecule has 3 rings (SSSR count). The lowest BCUT2D eigenvalue weighted by Gasteiger charge is -2.25. The van der Waals surface area contributed by atoms with Gasteiger partial charge in [0.05, 0.1) is 20.8 Å². The van der Waals surface area contributed by atoms with E-state index in [0.717, 1.165) is 33.9 Å². The third kappa shape index (κ3) is 4.61. The number of hydrogen-bond donors (Lipinski definition) is 0. The van der Waals surface area contributed by atoms with Crippen LogP contribution in [0.25, 0.3) is 20.8 Å². The molecule has 3 nitrogen and oxygen atoms in total. The normalized spacial score (nSPS) is 11.3. The van der Waals surface area contributed by atoms with Crippen LogP contribution >= 0.6 is 11.3 Å². The zero-order valence-electron chi connectivity index (χ0n) is 15.8. The van der Waals surface area contributed by atoms with Gasteiger partial charge >= 0.3 is 0 Å². The van der Waals surface area contributed by atoms with Gasteiger partial charge in [-0.3, -0.25) is 4.79 Å². The van der Waals surface area contributed by atoms with Gasteiger partial charge in [-0.1, -0.05) is 39.5 Å². The van der Waals surface area contributed by atoms with Gasteiger partial charge in [-0.25, -0.2) is 4.98 Å². The number of unbranched alkanes of at least 4 members (excludes halogenated alkanes) is 4. The predicted octanol–water partition coefficient (Wildman–Crippen LogP) is 5.95. The molecule has 138 valence electrons. The Kier molecular flexibility index (Phi) is 6.62. The third-order valence-corrected chi connectivity index (χ3v) is 5.86. The number of fused-ring (bicyclic) bond motifs is 2. The number of benzene rings is 2. The highest BCUT2D eigenvalue weighted by molar-refractivity contribution is 7.21. The highest BCUT2D eigenvalue weighted by Crippen LogP contribution is 2.32. The molecule has 0 saturated carbocycles. The molecule has 0 radical (unpaired) electrons. The summed E-state index contributed by atoms with van der Waals surface area (Å²) in [4.78, 5) is 19.9. The zero-order valence-corrected chi connectivity index (χ0v) is 16.6. The summed E-state index contributed by atoms with van der Waals surface area (Å²) in [6.45, 7) is 6.72. The van der Waals surface area contributed by atoms with Crippen LogP contribution in [0.2, 0.25) is 0 Å². The summed E-state index contributed by atoms with van der Waals surface area (Å²) in [6, 6.07) is 11.7. The second kappa shape index (κ2) is 9.13. The molecule has 1 aliphatic heterocycles. The first kappa shape index (κ1) is 18.8. The number of anilines is 1. The van der Waals surface area contributed by atoms with Gasteiger partial charge in [0.1, 0.15) is 0 Å². The van der Waals surface area contributed by atoms with E-state index >= 15 is 0 Å². The molecule has 0 amide bonds. The van der Waals surface area contributed by atoms with Crippen molar-refractivity contribution in [3.8, 4) is 10.6 Å². The minimum absolute atomic E-state index is 0.0480. The summed E-state index contributed by atoms with van der Waals surface area (Å²) in [5, 5.41) is 0. The van der Waals surface area contributed by atoms with Crippen molar-refractivity contribution in [3.05, 3.63) is 46.6 Å². The lowest BCUT2D eigenvalue weighted by Crippen LogP contribution is -2.25. The SMILES string of the molecule is CCCCCN(CCCCC)c1ccc2nc3ccc(=O)cc-3sc2c1. The summed E-state index contributed by atoms with van der Waals surface area (Å²) in [5.41, 5.74) is 3.23. The Labute approximate surface area is 160 Å². The van der Waals surface area contributed by atoms with Gasteiger partial charge in [0.25, 0.3) is 0 Å². The van der Waals surface area contributed by atoms with Crippen molar-refractivity contribution in [2.24, 2.45) is 0 Å². The average molecular weight is 369 g/mol. The van der Waals surface area contributed by atoms with Crippen molar-refractivity contribution in [3.63, 3.8) is 0 Å². The molecule has 1 aromatic rings. The van der Waals surface area contributed by atoms with Crippen LogP contribution in [0, 0.1) is 0 Å². The van der Waals surface area contributed by atoms with Crippen LogP contribution in [-0.2, 0) is 0 Å². The Morgan fingerprint density at radius 2 is 1.65 bits per heavy atom. The molecule has 0 atom stereocenters. The Hall–Kier alpha value is -1.94. The first-order valence-corrected chi connectivity index (χ1v) is 10.6. The summed E-state index contributed by atoms with van der Waals surface area (Å²) in [5.74, 6) is 0. The molecule has 2 aliphatic rings. The third-order valence-electron chi connectivity index (χ3n) is 4.76. The molecule has 4 heteroatoms. The smallest absolute Gasteiger partial charge is 0.180 e. The van der Waals surface area contributed by atoms with Gasteiger partial charge in [-0.05, 0) is 43.2 Å². The van der Waals surface area contributed by atoms with Crippen LogP contribution in [-0.4, -0.2) is 18.1 Å². The second-order valence-corrected chi connectivity index (χ2v) is 7.98. The molecular weight excluding hydrogens is 340 g/mol. The fraction of sp³-hybridized carbons (Fsp3) is 0.455. The fourth-order valence-corrected chi connectivity index (χ4v) is 4.29. The van der Waals surface area contributed by atoms with E-state index < -0.39 is 0 Å². The van der Waals surface area contributed by atoms with E-state index in [2.05, 4.69) is 36.9 Å². The van der Waals surface area contributed by atoms with E-state index in [9.17, 15) is 4.79 Å². The van der Waals surface area contributed by atoms with E-state index in [0.29, 0.717) is 0 Å². The first-order valence-electron chi connectivity index (χ1n) is 9.81. The average Bonchev–Trinajstić information content (AvgIpc) is 2.65.